The Morgan fingerprint density at radius 1 is 1.20 bits per heavy atom. The summed E-state index contributed by atoms with van der Waals surface area (Å²) in [5.74, 6) is 0.873. The molecule has 0 aromatic carbocycles. The van der Waals surface area contributed by atoms with Gasteiger partial charge in [-0.3, -0.25) is 0 Å². The van der Waals surface area contributed by atoms with Gasteiger partial charge in [-0.1, -0.05) is 33.1 Å². The monoisotopic (exact) mass is 207 g/mol. The minimum atomic E-state index is 0.838. The topological polar surface area (TPSA) is 26.9 Å². The maximum Gasteiger partial charge on any atom is 0.180 e. The number of hydrogen-bond acceptors (Lipinski definition) is 1. The van der Waals surface area contributed by atoms with Crippen molar-refractivity contribution < 1.29 is 4.73 Å². The molecule has 2 nitrogen and oxygen atoms in total. The van der Waals surface area contributed by atoms with Crippen molar-refractivity contribution in [3.05, 3.63) is 35.3 Å². The predicted octanol–water partition coefficient (Wildman–Crippen LogP) is 3.08. The van der Waals surface area contributed by atoms with Gasteiger partial charge in [-0.25, -0.2) is 0 Å². The van der Waals surface area contributed by atoms with Gasteiger partial charge in [-0.05, 0) is 24.3 Å². The Balaban J connectivity index is 2.28. The summed E-state index contributed by atoms with van der Waals surface area (Å²) in [5, 5.41) is 10.8. The number of aromatic nitrogens is 1. The van der Waals surface area contributed by atoms with E-state index in [-0.39, 0.29) is 0 Å². The molecule has 1 aromatic rings. The number of nitrogens with zero attached hydrogens (tertiary/aromatic N) is 1. The Kier molecular flexibility index (Phi) is 5.16. The zero-order valence-electron chi connectivity index (χ0n) is 9.78. The van der Waals surface area contributed by atoms with Crippen molar-refractivity contribution in [3.63, 3.8) is 0 Å². The predicted molar refractivity (Wildman–Crippen MR) is 62.4 cm³/mol. The zero-order chi connectivity index (χ0) is 11.1. The molecule has 84 valence electrons. The second kappa shape index (κ2) is 6.44. The fraction of sp³-hybridized carbons (Fsp3) is 0.615. The second-order valence-corrected chi connectivity index (χ2v) is 4.14. The van der Waals surface area contributed by atoms with Crippen molar-refractivity contribution in [3.8, 4) is 0 Å². The summed E-state index contributed by atoms with van der Waals surface area (Å²) in [6.45, 7) is 4.52. The number of aryl methyl sites for hydroxylation is 1. The first-order chi connectivity index (χ1) is 7.26. The largest absolute Gasteiger partial charge is 0.619 e. The molecule has 2 heteroatoms. The van der Waals surface area contributed by atoms with Gasteiger partial charge in [0.25, 0.3) is 0 Å². The first-order valence-electron chi connectivity index (χ1n) is 5.94. The maximum absolute atomic E-state index is 10.8. The maximum atomic E-state index is 10.8. The highest BCUT2D eigenvalue weighted by molar-refractivity contribution is 5.07. The van der Waals surface area contributed by atoms with Crippen LogP contribution in [0.3, 0.4) is 0 Å². The van der Waals surface area contributed by atoms with Crippen LogP contribution < -0.4 is 4.73 Å². The normalized spacial score (nSPS) is 10.9. The Morgan fingerprint density at radius 2 is 1.80 bits per heavy atom. The van der Waals surface area contributed by atoms with Crippen molar-refractivity contribution in [2.24, 2.45) is 5.92 Å². The Morgan fingerprint density at radius 3 is 2.33 bits per heavy atom. The molecule has 0 amide bonds. The van der Waals surface area contributed by atoms with Gasteiger partial charge in [0.15, 0.2) is 12.4 Å². The van der Waals surface area contributed by atoms with Gasteiger partial charge in [0.05, 0.1) is 0 Å². The molecule has 1 rings (SSSR count). The van der Waals surface area contributed by atoms with Crippen LogP contribution in [0.5, 0.6) is 0 Å². The summed E-state index contributed by atoms with van der Waals surface area (Å²) >= 11 is 0. The molecule has 0 N–H and O–H groups in total. The van der Waals surface area contributed by atoms with Crippen LogP contribution >= 0.6 is 0 Å². The lowest BCUT2D eigenvalue weighted by molar-refractivity contribution is -0.605. The van der Waals surface area contributed by atoms with Crippen LogP contribution in [0.15, 0.2) is 24.5 Å². The van der Waals surface area contributed by atoms with E-state index in [9.17, 15) is 5.21 Å². The van der Waals surface area contributed by atoms with Crippen molar-refractivity contribution in [1.29, 1.82) is 0 Å². The highest BCUT2D eigenvalue weighted by Gasteiger charge is 2.03. The van der Waals surface area contributed by atoms with Gasteiger partial charge in [0.2, 0.25) is 0 Å². The molecule has 0 saturated carbocycles. The van der Waals surface area contributed by atoms with E-state index in [1.54, 1.807) is 12.4 Å². The van der Waals surface area contributed by atoms with E-state index in [2.05, 4.69) is 13.8 Å². The van der Waals surface area contributed by atoms with Crippen molar-refractivity contribution in [2.75, 3.05) is 0 Å². The number of hydrogen-bond donors (Lipinski definition) is 0. The van der Waals surface area contributed by atoms with Crippen LogP contribution in [0.25, 0.3) is 0 Å². The molecule has 15 heavy (non-hydrogen) atoms. The van der Waals surface area contributed by atoms with Crippen molar-refractivity contribution in [1.82, 2.24) is 0 Å². The molecular weight excluding hydrogens is 186 g/mol. The molecule has 0 fully saturated rings. The average molecular weight is 207 g/mol. The fourth-order valence-corrected chi connectivity index (χ4v) is 1.90. The minimum absolute atomic E-state index is 0.838. The smallest absolute Gasteiger partial charge is 0.180 e. The molecule has 0 unspecified atom stereocenters. The van der Waals surface area contributed by atoms with Crippen LogP contribution in [0.2, 0.25) is 0 Å². The van der Waals surface area contributed by atoms with Crippen LogP contribution in [0.1, 0.15) is 45.1 Å². The molecule has 0 spiro atoms. The Labute approximate surface area is 92.5 Å². The van der Waals surface area contributed by atoms with Crippen LogP contribution in [0, 0.1) is 11.1 Å². The van der Waals surface area contributed by atoms with Crippen LogP contribution in [-0.4, -0.2) is 0 Å². The van der Waals surface area contributed by atoms with Gasteiger partial charge in [0, 0.05) is 12.1 Å². The summed E-state index contributed by atoms with van der Waals surface area (Å²) in [6.07, 6.45) is 9.35. The Bertz CT molecular complexity index is 264. The van der Waals surface area contributed by atoms with Gasteiger partial charge in [-0.15, -0.1) is 0 Å². The summed E-state index contributed by atoms with van der Waals surface area (Å²) in [7, 11) is 0. The summed E-state index contributed by atoms with van der Waals surface area (Å²) in [4.78, 5) is 0. The Hall–Kier alpha value is -1.05. The van der Waals surface area contributed by atoms with Gasteiger partial charge in [-0.2, -0.15) is 4.73 Å². The molecule has 1 aromatic heterocycles. The van der Waals surface area contributed by atoms with E-state index in [0.717, 1.165) is 17.1 Å². The number of pyridine rings is 1. The van der Waals surface area contributed by atoms with E-state index < -0.39 is 0 Å². The lowest BCUT2D eigenvalue weighted by Crippen LogP contribution is -2.23. The van der Waals surface area contributed by atoms with E-state index in [1.807, 2.05) is 12.1 Å². The first-order valence-corrected chi connectivity index (χ1v) is 5.94. The molecule has 0 aliphatic rings. The molecule has 0 bridgehead atoms. The van der Waals surface area contributed by atoms with E-state index in [1.165, 1.54) is 31.2 Å². The van der Waals surface area contributed by atoms with E-state index in [0.29, 0.717) is 0 Å². The standard InChI is InChI=1S/C13H21NO/c1-3-12(4-2)6-5-7-13-8-10-14(15)11-9-13/h8-12H,3-7H2,1-2H3. The summed E-state index contributed by atoms with van der Waals surface area (Å²) in [5.41, 5.74) is 1.27. The van der Waals surface area contributed by atoms with Gasteiger partial charge >= 0.3 is 0 Å². The third kappa shape index (κ3) is 4.32. The molecule has 0 aliphatic carbocycles. The third-order valence-electron chi connectivity index (χ3n) is 3.10. The lowest BCUT2D eigenvalue weighted by Gasteiger charge is -2.11. The molecule has 0 radical (unpaired) electrons. The van der Waals surface area contributed by atoms with E-state index in [4.69, 9.17) is 0 Å². The van der Waals surface area contributed by atoms with Crippen molar-refractivity contribution in [2.45, 2.75) is 46.0 Å². The van der Waals surface area contributed by atoms with Crippen LogP contribution in [0.4, 0.5) is 0 Å². The highest BCUT2D eigenvalue weighted by Crippen LogP contribution is 2.16. The highest BCUT2D eigenvalue weighted by atomic mass is 16.5. The molecule has 1 heterocycles. The fourth-order valence-electron chi connectivity index (χ4n) is 1.90. The average Bonchev–Trinajstić information content (AvgIpc) is 2.27. The molecule has 0 aliphatic heterocycles. The van der Waals surface area contributed by atoms with Crippen LogP contribution in [-0.2, 0) is 6.42 Å². The molecular formula is C13H21NO. The quantitative estimate of drug-likeness (QED) is 0.520. The summed E-state index contributed by atoms with van der Waals surface area (Å²) < 4.78 is 0.838. The third-order valence-corrected chi connectivity index (χ3v) is 3.10. The van der Waals surface area contributed by atoms with Gasteiger partial charge < -0.3 is 5.21 Å². The van der Waals surface area contributed by atoms with Crippen molar-refractivity contribution >= 4 is 0 Å². The summed E-state index contributed by atoms with van der Waals surface area (Å²) in [6, 6.07) is 3.83. The van der Waals surface area contributed by atoms with Gasteiger partial charge in [0.1, 0.15) is 0 Å². The first kappa shape index (κ1) is 12.0. The van der Waals surface area contributed by atoms with E-state index >= 15 is 0 Å². The zero-order valence-corrected chi connectivity index (χ0v) is 9.78. The lowest BCUT2D eigenvalue weighted by atomic mass is 9.95. The number of rotatable bonds is 6. The molecule has 0 atom stereocenters. The minimum Gasteiger partial charge on any atom is -0.619 e. The second-order valence-electron chi connectivity index (χ2n) is 4.14. The SMILES string of the molecule is CCC(CC)CCCc1cc[n+]([O-])cc1. The molecule has 0 saturated heterocycles.